The molecule has 5 nitrogen and oxygen atoms in total. The van der Waals surface area contributed by atoms with Gasteiger partial charge in [0.15, 0.2) is 5.96 Å². The summed E-state index contributed by atoms with van der Waals surface area (Å²) in [5.74, 6) is 1.44. The maximum Gasteiger partial charge on any atom is 0.188 e. The third-order valence-corrected chi connectivity index (χ3v) is 4.70. The Hall–Kier alpha value is -0.810. The number of nitrogens with two attached hydrogens (primary N) is 1. The fraction of sp³-hybridized carbons (Fsp3) is 0.933. The minimum absolute atomic E-state index is 0.550. The van der Waals surface area contributed by atoms with Crippen LogP contribution in [0.15, 0.2) is 4.99 Å². The van der Waals surface area contributed by atoms with E-state index in [4.69, 9.17) is 5.73 Å². The molecule has 1 aliphatic carbocycles. The molecule has 0 aromatic rings. The molecule has 0 bridgehead atoms. The molecule has 2 fully saturated rings. The summed E-state index contributed by atoms with van der Waals surface area (Å²) in [6.45, 7) is 6.34. The van der Waals surface area contributed by atoms with Gasteiger partial charge in [-0.25, -0.2) is 0 Å². The van der Waals surface area contributed by atoms with Gasteiger partial charge in [-0.3, -0.25) is 9.89 Å². The lowest BCUT2D eigenvalue weighted by atomic mass is 10.2. The lowest BCUT2D eigenvalue weighted by Gasteiger charge is -2.24. The van der Waals surface area contributed by atoms with Crippen molar-refractivity contribution < 1.29 is 0 Å². The first-order chi connectivity index (χ1) is 9.61. The normalized spacial score (nSPS) is 26.2. The van der Waals surface area contributed by atoms with Crippen LogP contribution in [0.3, 0.4) is 0 Å². The summed E-state index contributed by atoms with van der Waals surface area (Å²) in [7, 11) is 4.28. The van der Waals surface area contributed by atoms with E-state index in [0.717, 1.165) is 25.6 Å². The van der Waals surface area contributed by atoms with Gasteiger partial charge in [-0.15, -0.1) is 0 Å². The zero-order chi connectivity index (χ0) is 14.5. The van der Waals surface area contributed by atoms with E-state index in [0.29, 0.717) is 18.0 Å². The summed E-state index contributed by atoms with van der Waals surface area (Å²) in [5, 5.41) is 3.31. The zero-order valence-electron chi connectivity index (χ0n) is 13.3. The predicted octanol–water partition coefficient (Wildman–Crippen LogP) is 0.715. The van der Waals surface area contributed by atoms with E-state index in [1.807, 2.05) is 0 Å². The number of likely N-dealkylation sites (N-methyl/N-ethyl adjacent to an activating group) is 2. The van der Waals surface area contributed by atoms with Gasteiger partial charge in [0.1, 0.15) is 0 Å². The third kappa shape index (κ3) is 4.35. The Morgan fingerprint density at radius 3 is 2.75 bits per heavy atom. The van der Waals surface area contributed by atoms with Gasteiger partial charge in [-0.2, -0.15) is 0 Å². The van der Waals surface area contributed by atoms with Crippen LogP contribution in [0.4, 0.5) is 0 Å². The Kier molecular flexibility index (Phi) is 5.66. The molecule has 1 aliphatic heterocycles. The highest BCUT2D eigenvalue weighted by molar-refractivity contribution is 5.77. The van der Waals surface area contributed by atoms with Crippen LogP contribution in [0.2, 0.25) is 0 Å². The molecule has 0 aromatic heterocycles. The Bertz CT molecular complexity index is 322. The van der Waals surface area contributed by atoms with Crippen molar-refractivity contribution in [1.82, 2.24) is 15.1 Å². The summed E-state index contributed by atoms with van der Waals surface area (Å²) in [6, 6.07) is 1.18. The molecular weight excluding hydrogens is 250 g/mol. The molecular formula is C15H31N5. The van der Waals surface area contributed by atoms with Crippen LogP contribution in [0.1, 0.15) is 32.6 Å². The molecule has 1 heterocycles. The number of guanidine groups is 1. The molecule has 0 amide bonds. The molecule has 0 aromatic carbocycles. The quantitative estimate of drug-likeness (QED) is 0.533. The topological polar surface area (TPSA) is 56.9 Å². The fourth-order valence-electron chi connectivity index (χ4n) is 3.23. The van der Waals surface area contributed by atoms with Gasteiger partial charge < -0.3 is 16.0 Å². The molecule has 2 rings (SSSR count). The van der Waals surface area contributed by atoms with Gasteiger partial charge in [0, 0.05) is 18.6 Å². The maximum atomic E-state index is 6.01. The van der Waals surface area contributed by atoms with Gasteiger partial charge in [-0.1, -0.05) is 6.92 Å². The first-order valence-electron chi connectivity index (χ1n) is 8.06. The SMILES string of the molecule is CCN1CCCC1CNC(N)=NCC(C1CC1)N(C)C. The van der Waals surface area contributed by atoms with Crippen LogP contribution in [-0.4, -0.2) is 68.1 Å². The van der Waals surface area contributed by atoms with E-state index < -0.39 is 0 Å². The number of hydrogen-bond donors (Lipinski definition) is 2. The Labute approximate surface area is 123 Å². The van der Waals surface area contributed by atoms with E-state index >= 15 is 0 Å². The second-order valence-electron chi connectivity index (χ2n) is 6.40. The standard InChI is InChI=1S/C15H31N5/c1-4-20-9-5-6-13(20)10-17-15(16)18-11-14(19(2)3)12-7-8-12/h12-14H,4-11H2,1-3H3,(H3,16,17,18). The predicted molar refractivity (Wildman–Crippen MR) is 85.0 cm³/mol. The molecule has 116 valence electrons. The summed E-state index contributed by atoms with van der Waals surface area (Å²) in [6.07, 6.45) is 5.27. The van der Waals surface area contributed by atoms with Crippen LogP contribution < -0.4 is 11.1 Å². The average molecular weight is 281 g/mol. The molecule has 1 saturated heterocycles. The number of likely N-dealkylation sites (tertiary alicyclic amines) is 1. The third-order valence-electron chi connectivity index (χ3n) is 4.70. The molecule has 3 N–H and O–H groups in total. The van der Waals surface area contributed by atoms with Crippen LogP contribution in [0, 0.1) is 5.92 Å². The second-order valence-corrected chi connectivity index (χ2v) is 6.40. The van der Waals surface area contributed by atoms with Crippen LogP contribution in [0.25, 0.3) is 0 Å². The van der Waals surface area contributed by atoms with Crippen molar-refractivity contribution >= 4 is 5.96 Å². The number of rotatable bonds is 7. The molecule has 2 unspecified atom stereocenters. The van der Waals surface area contributed by atoms with Crippen molar-refractivity contribution in [3.05, 3.63) is 0 Å². The molecule has 1 saturated carbocycles. The van der Waals surface area contributed by atoms with Gasteiger partial charge in [0.2, 0.25) is 0 Å². The minimum Gasteiger partial charge on any atom is -0.370 e. The average Bonchev–Trinajstić information content (AvgIpc) is 3.14. The summed E-state index contributed by atoms with van der Waals surface area (Å²) in [4.78, 5) is 9.34. The first-order valence-corrected chi connectivity index (χ1v) is 8.06. The van der Waals surface area contributed by atoms with Gasteiger partial charge in [0.25, 0.3) is 0 Å². The molecule has 2 aliphatic rings. The Morgan fingerprint density at radius 2 is 2.15 bits per heavy atom. The van der Waals surface area contributed by atoms with E-state index in [1.54, 1.807) is 0 Å². The van der Waals surface area contributed by atoms with E-state index in [1.165, 1.54) is 32.2 Å². The van der Waals surface area contributed by atoms with Crippen molar-refractivity contribution in [3.8, 4) is 0 Å². The Balaban J connectivity index is 1.73. The van der Waals surface area contributed by atoms with E-state index in [-0.39, 0.29) is 0 Å². The van der Waals surface area contributed by atoms with E-state index in [9.17, 15) is 0 Å². The molecule has 0 radical (unpaired) electrons. The van der Waals surface area contributed by atoms with Crippen molar-refractivity contribution in [1.29, 1.82) is 0 Å². The number of nitrogens with one attached hydrogen (secondary N) is 1. The van der Waals surface area contributed by atoms with Crippen molar-refractivity contribution in [3.63, 3.8) is 0 Å². The molecule has 2 atom stereocenters. The van der Waals surface area contributed by atoms with Gasteiger partial charge in [-0.05, 0) is 58.8 Å². The van der Waals surface area contributed by atoms with Crippen molar-refractivity contribution in [2.75, 3.05) is 40.3 Å². The highest BCUT2D eigenvalue weighted by atomic mass is 15.2. The second kappa shape index (κ2) is 7.27. The largest absolute Gasteiger partial charge is 0.370 e. The van der Waals surface area contributed by atoms with E-state index in [2.05, 4.69) is 41.1 Å². The minimum atomic E-state index is 0.550. The lowest BCUT2D eigenvalue weighted by molar-refractivity contribution is 0.266. The van der Waals surface area contributed by atoms with Crippen LogP contribution >= 0.6 is 0 Å². The molecule has 20 heavy (non-hydrogen) atoms. The highest BCUT2D eigenvalue weighted by Crippen LogP contribution is 2.34. The van der Waals surface area contributed by atoms with Crippen LogP contribution in [0.5, 0.6) is 0 Å². The lowest BCUT2D eigenvalue weighted by Crippen LogP contribution is -2.43. The summed E-state index contributed by atoms with van der Waals surface area (Å²) >= 11 is 0. The first kappa shape index (κ1) is 15.6. The molecule has 0 spiro atoms. The number of hydrogen-bond acceptors (Lipinski definition) is 3. The van der Waals surface area contributed by atoms with Gasteiger partial charge in [0.05, 0.1) is 6.54 Å². The van der Waals surface area contributed by atoms with Crippen LogP contribution in [-0.2, 0) is 0 Å². The maximum absolute atomic E-state index is 6.01. The van der Waals surface area contributed by atoms with Crippen molar-refractivity contribution in [2.24, 2.45) is 16.6 Å². The zero-order valence-corrected chi connectivity index (χ0v) is 13.3. The smallest absolute Gasteiger partial charge is 0.188 e. The highest BCUT2D eigenvalue weighted by Gasteiger charge is 2.32. The Morgan fingerprint density at radius 1 is 1.40 bits per heavy atom. The number of nitrogens with zero attached hydrogens (tertiary/aromatic N) is 3. The van der Waals surface area contributed by atoms with Gasteiger partial charge >= 0.3 is 0 Å². The summed E-state index contributed by atoms with van der Waals surface area (Å²) in [5.41, 5.74) is 6.01. The fourth-order valence-corrected chi connectivity index (χ4v) is 3.23. The van der Waals surface area contributed by atoms with Crippen molar-refractivity contribution in [2.45, 2.75) is 44.7 Å². The monoisotopic (exact) mass is 281 g/mol. The summed E-state index contributed by atoms with van der Waals surface area (Å²) < 4.78 is 0. The molecule has 5 heteroatoms. The number of aliphatic imine (C=N–C) groups is 1.